The summed E-state index contributed by atoms with van der Waals surface area (Å²) in [4.78, 5) is 10.8. The SMILES string of the molecule is O=[N+]([O-])C[C@H](c1ccc2c(c1)CCCN2)c1ccccc1Cl. The Morgan fingerprint density at radius 3 is 2.86 bits per heavy atom. The van der Waals surface area contributed by atoms with Crippen molar-refractivity contribution in [2.75, 3.05) is 18.4 Å². The predicted molar refractivity (Wildman–Crippen MR) is 88.4 cm³/mol. The van der Waals surface area contributed by atoms with Gasteiger partial charge in [0.25, 0.3) is 0 Å². The van der Waals surface area contributed by atoms with Gasteiger partial charge in [0.1, 0.15) is 0 Å². The van der Waals surface area contributed by atoms with E-state index in [2.05, 4.69) is 11.4 Å². The summed E-state index contributed by atoms with van der Waals surface area (Å²) >= 11 is 6.26. The lowest BCUT2D eigenvalue weighted by Gasteiger charge is -2.21. The van der Waals surface area contributed by atoms with Crippen molar-refractivity contribution >= 4 is 17.3 Å². The Labute approximate surface area is 134 Å². The number of anilines is 1. The van der Waals surface area contributed by atoms with Crippen molar-refractivity contribution in [1.82, 2.24) is 0 Å². The summed E-state index contributed by atoms with van der Waals surface area (Å²) in [5, 5.41) is 15.0. The van der Waals surface area contributed by atoms with Gasteiger partial charge in [0, 0.05) is 22.2 Å². The van der Waals surface area contributed by atoms with Gasteiger partial charge < -0.3 is 5.32 Å². The fraction of sp³-hybridized carbons (Fsp3) is 0.294. The molecule has 0 spiro atoms. The molecule has 1 heterocycles. The zero-order valence-corrected chi connectivity index (χ0v) is 12.8. The third-order valence-corrected chi connectivity index (χ3v) is 4.43. The van der Waals surface area contributed by atoms with Gasteiger partial charge in [-0.25, -0.2) is 0 Å². The number of halogens is 1. The van der Waals surface area contributed by atoms with Gasteiger partial charge in [-0.3, -0.25) is 10.1 Å². The molecule has 114 valence electrons. The van der Waals surface area contributed by atoms with Crippen molar-refractivity contribution in [3.8, 4) is 0 Å². The molecule has 0 saturated carbocycles. The molecule has 5 heteroatoms. The maximum atomic E-state index is 11.1. The molecule has 3 rings (SSSR count). The van der Waals surface area contributed by atoms with Crippen molar-refractivity contribution < 1.29 is 4.92 Å². The number of rotatable bonds is 4. The van der Waals surface area contributed by atoms with E-state index >= 15 is 0 Å². The van der Waals surface area contributed by atoms with Crippen molar-refractivity contribution in [3.05, 3.63) is 74.3 Å². The quantitative estimate of drug-likeness (QED) is 0.682. The Morgan fingerprint density at radius 2 is 2.09 bits per heavy atom. The van der Waals surface area contributed by atoms with Crippen LogP contribution in [0.5, 0.6) is 0 Å². The topological polar surface area (TPSA) is 55.2 Å². The third-order valence-electron chi connectivity index (χ3n) is 4.08. The van der Waals surface area contributed by atoms with Gasteiger partial charge in [0.05, 0.1) is 5.92 Å². The van der Waals surface area contributed by atoms with E-state index in [4.69, 9.17) is 11.6 Å². The largest absolute Gasteiger partial charge is 0.385 e. The lowest BCUT2D eigenvalue weighted by molar-refractivity contribution is -0.481. The summed E-state index contributed by atoms with van der Waals surface area (Å²) in [6, 6.07) is 13.4. The lowest BCUT2D eigenvalue weighted by Crippen LogP contribution is -2.16. The first-order valence-electron chi connectivity index (χ1n) is 7.38. The molecule has 0 saturated heterocycles. The second-order valence-electron chi connectivity index (χ2n) is 5.54. The Morgan fingerprint density at radius 1 is 1.27 bits per heavy atom. The monoisotopic (exact) mass is 316 g/mol. The number of hydrogen-bond acceptors (Lipinski definition) is 3. The number of fused-ring (bicyclic) bond motifs is 1. The maximum Gasteiger partial charge on any atom is 0.214 e. The molecule has 4 nitrogen and oxygen atoms in total. The molecule has 2 aromatic rings. The molecule has 1 aliphatic heterocycles. The van der Waals surface area contributed by atoms with E-state index in [1.807, 2.05) is 30.3 Å². The van der Waals surface area contributed by atoms with E-state index in [0.29, 0.717) is 5.02 Å². The highest BCUT2D eigenvalue weighted by Crippen LogP contribution is 2.33. The number of nitrogens with one attached hydrogen (secondary N) is 1. The highest BCUT2D eigenvalue weighted by atomic mass is 35.5. The van der Waals surface area contributed by atoms with Gasteiger partial charge in [0.15, 0.2) is 0 Å². The minimum atomic E-state index is -0.323. The predicted octanol–water partition coefficient (Wildman–Crippen LogP) is 4.11. The van der Waals surface area contributed by atoms with Crippen molar-refractivity contribution in [3.63, 3.8) is 0 Å². The van der Waals surface area contributed by atoms with Crippen LogP contribution in [0, 0.1) is 10.1 Å². The average molecular weight is 317 g/mol. The highest BCUT2D eigenvalue weighted by Gasteiger charge is 2.23. The molecule has 1 atom stereocenters. The zero-order valence-electron chi connectivity index (χ0n) is 12.1. The van der Waals surface area contributed by atoms with E-state index in [1.54, 1.807) is 6.07 Å². The van der Waals surface area contributed by atoms with Crippen LogP contribution in [0.2, 0.25) is 5.02 Å². The standard InChI is InChI=1S/C17H17ClN2O2/c18-16-6-2-1-5-14(16)15(11-20(21)22)12-7-8-17-13(10-12)4-3-9-19-17/h1-2,5-8,10,15,19H,3-4,9,11H2/t15-/m1/s1. The molecule has 1 aliphatic rings. The van der Waals surface area contributed by atoms with E-state index < -0.39 is 0 Å². The van der Waals surface area contributed by atoms with Gasteiger partial charge in [-0.05, 0) is 41.7 Å². The van der Waals surface area contributed by atoms with Crippen molar-refractivity contribution in [1.29, 1.82) is 0 Å². The van der Waals surface area contributed by atoms with Crippen LogP contribution in [0.15, 0.2) is 42.5 Å². The van der Waals surface area contributed by atoms with E-state index in [9.17, 15) is 10.1 Å². The number of nitro groups is 1. The zero-order chi connectivity index (χ0) is 15.5. The van der Waals surface area contributed by atoms with Crippen LogP contribution in [0.3, 0.4) is 0 Å². The van der Waals surface area contributed by atoms with Crippen LogP contribution in [-0.2, 0) is 6.42 Å². The fourth-order valence-corrected chi connectivity index (χ4v) is 3.27. The second-order valence-corrected chi connectivity index (χ2v) is 5.94. The van der Waals surface area contributed by atoms with Gasteiger partial charge in [0.2, 0.25) is 6.54 Å². The molecule has 0 amide bonds. The minimum Gasteiger partial charge on any atom is -0.385 e. The minimum absolute atomic E-state index is 0.157. The summed E-state index contributed by atoms with van der Waals surface area (Å²) in [6.07, 6.45) is 2.09. The van der Waals surface area contributed by atoms with Crippen molar-refractivity contribution in [2.24, 2.45) is 0 Å². The molecule has 0 unspecified atom stereocenters. The number of aryl methyl sites for hydroxylation is 1. The normalized spacial score (nSPS) is 14.8. The molecule has 0 radical (unpaired) electrons. The Kier molecular flexibility index (Phi) is 4.29. The Bertz CT molecular complexity index is 703. The maximum absolute atomic E-state index is 11.1. The van der Waals surface area contributed by atoms with E-state index in [1.165, 1.54) is 5.56 Å². The molecule has 0 bridgehead atoms. The summed E-state index contributed by atoms with van der Waals surface area (Å²) in [7, 11) is 0. The van der Waals surface area contributed by atoms with Crippen molar-refractivity contribution in [2.45, 2.75) is 18.8 Å². The summed E-state index contributed by atoms with van der Waals surface area (Å²) < 4.78 is 0. The van der Waals surface area contributed by atoms with Crippen LogP contribution in [-0.4, -0.2) is 18.0 Å². The molecular weight excluding hydrogens is 300 g/mol. The molecular formula is C17H17ClN2O2. The van der Waals surface area contributed by atoms with Gasteiger partial charge >= 0.3 is 0 Å². The van der Waals surface area contributed by atoms with Crippen LogP contribution < -0.4 is 5.32 Å². The molecule has 0 aliphatic carbocycles. The van der Waals surface area contributed by atoms with E-state index in [-0.39, 0.29) is 17.4 Å². The van der Waals surface area contributed by atoms with Gasteiger partial charge in [-0.1, -0.05) is 41.9 Å². The molecule has 0 fully saturated rings. The molecule has 22 heavy (non-hydrogen) atoms. The number of benzene rings is 2. The molecule has 0 aromatic heterocycles. The first-order valence-corrected chi connectivity index (χ1v) is 7.76. The van der Waals surface area contributed by atoms with Gasteiger partial charge in [-0.2, -0.15) is 0 Å². The first kappa shape index (κ1) is 14.9. The number of nitrogens with zero attached hydrogens (tertiary/aromatic N) is 1. The fourth-order valence-electron chi connectivity index (χ4n) is 3.00. The third kappa shape index (κ3) is 3.07. The average Bonchev–Trinajstić information content (AvgIpc) is 2.53. The summed E-state index contributed by atoms with van der Waals surface area (Å²) in [5.74, 6) is -0.323. The van der Waals surface area contributed by atoms with Crippen LogP contribution in [0.1, 0.15) is 29.0 Å². The second kappa shape index (κ2) is 6.36. The number of hydrogen-bond donors (Lipinski definition) is 1. The van der Waals surface area contributed by atoms with Crippen LogP contribution >= 0.6 is 11.6 Å². The highest BCUT2D eigenvalue weighted by molar-refractivity contribution is 6.31. The molecule has 2 aromatic carbocycles. The summed E-state index contributed by atoms with van der Waals surface area (Å²) in [6.45, 7) is 0.825. The lowest BCUT2D eigenvalue weighted by atomic mass is 9.88. The summed E-state index contributed by atoms with van der Waals surface area (Å²) in [5.41, 5.74) is 4.12. The van der Waals surface area contributed by atoms with E-state index in [0.717, 1.165) is 36.2 Å². The Balaban J connectivity index is 2.02. The molecule has 1 N–H and O–H groups in total. The van der Waals surface area contributed by atoms with Crippen LogP contribution in [0.4, 0.5) is 5.69 Å². The van der Waals surface area contributed by atoms with Gasteiger partial charge in [-0.15, -0.1) is 0 Å². The first-order chi connectivity index (χ1) is 10.6. The Hall–Kier alpha value is -2.07. The van der Waals surface area contributed by atoms with Crippen LogP contribution in [0.25, 0.3) is 0 Å². The smallest absolute Gasteiger partial charge is 0.214 e.